The first-order valence-electron chi connectivity index (χ1n) is 10.9. The second-order valence-corrected chi connectivity index (χ2v) is 9.45. The Morgan fingerprint density at radius 3 is 2.24 bits per heavy atom. The third-order valence-electron chi connectivity index (χ3n) is 4.99. The molecular formula is C26H23ClF3NO6. The van der Waals surface area contributed by atoms with Crippen molar-refractivity contribution in [2.24, 2.45) is 0 Å². The van der Waals surface area contributed by atoms with Crippen LogP contribution in [0.2, 0.25) is 5.02 Å². The zero-order chi connectivity index (χ0) is 27.5. The number of esters is 1. The van der Waals surface area contributed by atoms with Crippen LogP contribution in [0.3, 0.4) is 0 Å². The topological polar surface area (TPSA) is 106 Å². The Balaban J connectivity index is 1.83. The number of hydrogen-bond acceptors (Lipinski definition) is 6. The van der Waals surface area contributed by atoms with Crippen LogP contribution in [0.25, 0.3) is 11.3 Å². The van der Waals surface area contributed by atoms with Crippen LogP contribution in [0, 0.1) is 0 Å². The number of aromatic hydroxyl groups is 1. The summed E-state index contributed by atoms with van der Waals surface area (Å²) in [6.07, 6.45) is -3.73. The molecule has 2 aromatic carbocycles. The van der Waals surface area contributed by atoms with E-state index < -0.39 is 40.6 Å². The van der Waals surface area contributed by atoms with Crippen LogP contribution in [0.1, 0.15) is 47.8 Å². The number of carbonyl (C=O) groups is 2. The highest BCUT2D eigenvalue weighted by Gasteiger charge is 2.37. The number of aromatic nitrogens is 1. The number of nitrogens with zero attached hydrogens (tertiary/aromatic N) is 1. The van der Waals surface area contributed by atoms with E-state index in [9.17, 15) is 27.9 Å². The quantitative estimate of drug-likeness (QED) is 0.341. The maximum atomic E-state index is 13.3. The van der Waals surface area contributed by atoms with Crippen molar-refractivity contribution in [2.45, 2.75) is 45.6 Å². The van der Waals surface area contributed by atoms with Gasteiger partial charge in [0.05, 0.1) is 23.9 Å². The van der Waals surface area contributed by atoms with Crippen molar-refractivity contribution in [3.63, 3.8) is 0 Å². The summed E-state index contributed by atoms with van der Waals surface area (Å²) >= 11 is 6.16. The lowest BCUT2D eigenvalue weighted by molar-refractivity contribution is -0.139. The summed E-state index contributed by atoms with van der Waals surface area (Å²) in [5, 5.41) is 19.5. The molecule has 0 aliphatic carbocycles. The van der Waals surface area contributed by atoms with Crippen molar-refractivity contribution >= 4 is 23.5 Å². The molecule has 196 valence electrons. The van der Waals surface area contributed by atoms with E-state index in [1.54, 1.807) is 51.1 Å². The minimum absolute atomic E-state index is 0.00960. The van der Waals surface area contributed by atoms with Gasteiger partial charge < -0.3 is 19.7 Å². The Bertz CT molecular complexity index is 1320. The summed E-state index contributed by atoms with van der Waals surface area (Å²) < 4.78 is 50.7. The lowest BCUT2D eigenvalue weighted by atomic mass is 10.0. The number of phenolic OH excluding ortho intramolecular Hbond substituents is 1. The predicted molar refractivity (Wildman–Crippen MR) is 129 cm³/mol. The molecule has 3 aromatic rings. The summed E-state index contributed by atoms with van der Waals surface area (Å²) in [5.74, 6) is -3.12. The Kier molecular flexibility index (Phi) is 8.02. The summed E-state index contributed by atoms with van der Waals surface area (Å²) in [5.41, 5.74) is -1.42. The maximum Gasteiger partial charge on any atom is 0.419 e. The molecule has 1 heterocycles. The largest absolute Gasteiger partial charge is 0.506 e. The second kappa shape index (κ2) is 10.7. The SMILES string of the molecule is CC(C)(C)OC(=O)c1c(COc2ccc(-c3ccc(CC(=O)O)c(Cl)c3)nc2)ccc(C(F)(F)F)c1O. The molecule has 0 aliphatic rings. The van der Waals surface area contributed by atoms with Crippen molar-refractivity contribution in [1.82, 2.24) is 4.98 Å². The molecule has 3 rings (SSSR count). The van der Waals surface area contributed by atoms with Gasteiger partial charge in [0, 0.05) is 16.1 Å². The molecule has 37 heavy (non-hydrogen) atoms. The van der Waals surface area contributed by atoms with Crippen molar-refractivity contribution < 1.29 is 42.4 Å². The molecular weight excluding hydrogens is 515 g/mol. The van der Waals surface area contributed by atoms with E-state index in [4.69, 9.17) is 26.2 Å². The maximum absolute atomic E-state index is 13.3. The normalized spacial score (nSPS) is 11.8. The fourth-order valence-corrected chi connectivity index (χ4v) is 3.60. The number of carbonyl (C=O) groups excluding carboxylic acids is 1. The van der Waals surface area contributed by atoms with E-state index in [1.807, 2.05) is 0 Å². The number of halogens is 4. The van der Waals surface area contributed by atoms with Gasteiger partial charge >= 0.3 is 18.1 Å². The minimum atomic E-state index is -4.88. The molecule has 7 nitrogen and oxygen atoms in total. The highest BCUT2D eigenvalue weighted by atomic mass is 35.5. The van der Waals surface area contributed by atoms with Crippen molar-refractivity contribution in [2.75, 3.05) is 0 Å². The fraction of sp³-hybridized carbons (Fsp3) is 0.269. The van der Waals surface area contributed by atoms with Crippen LogP contribution in [-0.4, -0.2) is 32.7 Å². The fourth-order valence-electron chi connectivity index (χ4n) is 3.35. The van der Waals surface area contributed by atoms with E-state index in [-0.39, 0.29) is 29.4 Å². The standard InChI is InChI=1S/C26H23ClF3NO6/c1-25(2,3)37-24(35)22-16(6-8-18(23(22)34)26(28,29)30)13-36-17-7-9-20(31-12-17)15-5-4-14(11-21(32)33)19(27)10-15/h4-10,12,34H,11,13H2,1-3H3,(H,32,33). The predicted octanol–water partition coefficient (Wildman–Crippen LogP) is 6.29. The smallest absolute Gasteiger partial charge is 0.419 e. The van der Waals surface area contributed by atoms with Gasteiger partial charge in [0.1, 0.15) is 29.3 Å². The summed E-state index contributed by atoms with van der Waals surface area (Å²) in [6, 6.07) is 9.72. The van der Waals surface area contributed by atoms with Gasteiger partial charge in [0.2, 0.25) is 0 Å². The Labute approximate surface area is 215 Å². The highest BCUT2D eigenvalue weighted by molar-refractivity contribution is 6.31. The van der Waals surface area contributed by atoms with Gasteiger partial charge in [-0.1, -0.05) is 29.8 Å². The molecule has 0 saturated heterocycles. The van der Waals surface area contributed by atoms with Gasteiger partial charge in [-0.3, -0.25) is 9.78 Å². The molecule has 2 N–H and O–H groups in total. The van der Waals surface area contributed by atoms with Crippen LogP contribution in [0.4, 0.5) is 13.2 Å². The average Bonchev–Trinajstić information content (AvgIpc) is 2.77. The van der Waals surface area contributed by atoms with Crippen molar-refractivity contribution in [3.8, 4) is 22.8 Å². The third-order valence-corrected chi connectivity index (χ3v) is 5.35. The van der Waals surface area contributed by atoms with Gasteiger partial charge in [-0.2, -0.15) is 13.2 Å². The summed E-state index contributed by atoms with van der Waals surface area (Å²) in [4.78, 5) is 27.8. The zero-order valence-corrected chi connectivity index (χ0v) is 20.8. The molecule has 1 aromatic heterocycles. The van der Waals surface area contributed by atoms with Gasteiger partial charge in [-0.25, -0.2) is 4.79 Å². The number of carboxylic acids is 1. The Morgan fingerprint density at radius 1 is 1.03 bits per heavy atom. The second-order valence-electron chi connectivity index (χ2n) is 9.04. The van der Waals surface area contributed by atoms with Crippen LogP contribution >= 0.6 is 11.6 Å². The van der Waals surface area contributed by atoms with Gasteiger partial charge in [0.15, 0.2) is 0 Å². The highest BCUT2D eigenvalue weighted by Crippen LogP contribution is 2.39. The zero-order valence-electron chi connectivity index (χ0n) is 20.0. The molecule has 0 aliphatic heterocycles. The molecule has 0 saturated carbocycles. The number of alkyl halides is 3. The number of ether oxygens (including phenoxy) is 2. The number of pyridine rings is 1. The number of hydrogen-bond donors (Lipinski definition) is 2. The van der Waals surface area contributed by atoms with E-state index in [1.165, 1.54) is 6.20 Å². The minimum Gasteiger partial charge on any atom is -0.506 e. The van der Waals surface area contributed by atoms with Gasteiger partial charge in [-0.15, -0.1) is 0 Å². The molecule has 0 atom stereocenters. The first kappa shape index (κ1) is 27.8. The van der Waals surface area contributed by atoms with Crippen LogP contribution in [0.5, 0.6) is 11.5 Å². The number of carboxylic acid groups (broad SMARTS) is 1. The van der Waals surface area contributed by atoms with Crippen molar-refractivity contribution in [1.29, 1.82) is 0 Å². The molecule has 0 radical (unpaired) electrons. The molecule has 0 bridgehead atoms. The van der Waals surface area contributed by atoms with E-state index in [0.29, 0.717) is 22.9 Å². The van der Waals surface area contributed by atoms with Crippen molar-refractivity contribution in [3.05, 3.63) is 75.9 Å². The van der Waals surface area contributed by atoms with Crippen LogP contribution < -0.4 is 4.74 Å². The van der Waals surface area contributed by atoms with E-state index in [0.717, 1.165) is 6.07 Å². The number of rotatable bonds is 7. The average molecular weight is 538 g/mol. The molecule has 0 unspecified atom stereocenters. The molecule has 0 fully saturated rings. The van der Waals surface area contributed by atoms with Crippen LogP contribution in [-0.2, 0) is 28.7 Å². The Morgan fingerprint density at radius 2 is 1.70 bits per heavy atom. The first-order valence-corrected chi connectivity index (χ1v) is 11.3. The molecule has 0 amide bonds. The van der Waals surface area contributed by atoms with Gasteiger partial charge in [-0.05, 0) is 50.6 Å². The number of aliphatic carboxylic acids is 1. The van der Waals surface area contributed by atoms with Crippen LogP contribution in [0.15, 0.2) is 48.7 Å². The first-order chi connectivity index (χ1) is 17.2. The molecule has 0 spiro atoms. The lowest BCUT2D eigenvalue weighted by Gasteiger charge is -2.22. The summed E-state index contributed by atoms with van der Waals surface area (Å²) in [7, 11) is 0. The molecule has 11 heteroatoms. The van der Waals surface area contributed by atoms with E-state index in [2.05, 4.69) is 4.98 Å². The third kappa shape index (κ3) is 7.13. The lowest BCUT2D eigenvalue weighted by Crippen LogP contribution is -2.25. The number of benzene rings is 2. The number of phenols is 1. The van der Waals surface area contributed by atoms with Gasteiger partial charge in [0.25, 0.3) is 0 Å². The summed E-state index contributed by atoms with van der Waals surface area (Å²) in [6.45, 7) is 4.29. The Hall–Kier alpha value is -3.79. The monoisotopic (exact) mass is 537 g/mol. The van der Waals surface area contributed by atoms with E-state index >= 15 is 0 Å².